The lowest BCUT2D eigenvalue weighted by Gasteiger charge is -2.04. The summed E-state index contributed by atoms with van der Waals surface area (Å²) in [7, 11) is 0. The van der Waals surface area contributed by atoms with Crippen LogP contribution in [0, 0.1) is 6.92 Å². The molecule has 0 saturated heterocycles. The lowest BCUT2D eigenvalue weighted by atomic mass is 10.1. The first-order valence-corrected chi connectivity index (χ1v) is 8.47. The average Bonchev–Trinajstić information content (AvgIpc) is 3.14. The number of thiazole rings is 1. The quantitative estimate of drug-likeness (QED) is 0.768. The molecule has 0 fully saturated rings. The number of rotatable bonds is 5. The number of aryl methyl sites for hydroxylation is 2. The smallest absolute Gasteiger partial charge is 0.202 e. The van der Waals surface area contributed by atoms with Crippen LogP contribution in [0.4, 0.5) is 5.13 Å². The van der Waals surface area contributed by atoms with Gasteiger partial charge >= 0.3 is 0 Å². The van der Waals surface area contributed by atoms with Crippen LogP contribution in [0.15, 0.2) is 29.8 Å². The molecule has 1 aromatic carbocycles. The molecule has 3 aromatic rings. The molecule has 0 bridgehead atoms. The predicted octanol–water partition coefficient (Wildman–Crippen LogP) is 4.14. The SMILES string of the molecule is CCc1nsc(NCc2ccc(-c3scnc3C)cc2)n1. The van der Waals surface area contributed by atoms with Gasteiger partial charge in [0.05, 0.1) is 16.1 Å². The van der Waals surface area contributed by atoms with Gasteiger partial charge < -0.3 is 5.32 Å². The molecule has 1 N–H and O–H groups in total. The van der Waals surface area contributed by atoms with E-state index in [0.717, 1.165) is 29.6 Å². The molecule has 0 spiro atoms. The molecule has 0 aliphatic heterocycles. The summed E-state index contributed by atoms with van der Waals surface area (Å²) in [5.41, 5.74) is 5.44. The Morgan fingerprint density at radius 2 is 2.00 bits per heavy atom. The van der Waals surface area contributed by atoms with Gasteiger partial charge in [-0.3, -0.25) is 0 Å². The number of aromatic nitrogens is 3. The van der Waals surface area contributed by atoms with E-state index in [4.69, 9.17) is 0 Å². The number of hydrogen-bond donors (Lipinski definition) is 1. The Labute approximate surface area is 132 Å². The number of nitrogens with one attached hydrogen (secondary N) is 1. The molecule has 0 aliphatic carbocycles. The lowest BCUT2D eigenvalue weighted by molar-refractivity contribution is 0.993. The van der Waals surface area contributed by atoms with Crippen molar-refractivity contribution in [2.75, 3.05) is 5.32 Å². The monoisotopic (exact) mass is 316 g/mol. The normalized spacial score (nSPS) is 10.8. The van der Waals surface area contributed by atoms with Crippen LogP contribution in [0.2, 0.25) is 0 Å². The first kappa shape index (κ1) is 14.2. The third kappa shape index (κ3) is 3.28. The van der Waals surface area contributed by atoms with Crippen LogP contribution in [-0.2, 0) is 13.0 Å². The summed E-state index contributed by atoms with van der Waals surface area (Å²) in [5.74, 6) is 0.901. The highest BCUT2D eigenvalue weighted by atomic mass is 32.1. The zero-order valence-electron chi connectivity index (χ0n) is 12.0. The minimum absolute atomic E-state index is 0.764. The molecule has 3 rings (SSSR count). The second-order valence-electron chi connectivity index (χ2n) is 4.69. The Morgan fingerprint density at radius 1 is 1.19 bits per heavy atom. The van der Waals surface area contributed by atoms with E-state index < -0.39 is 0 Å². The predicted molar refractivity (Wildman–Crippen MR) is 88.9 cm³/mol. The maximum Gasteiger partial charge on any atom is 0.202 e. The molecule has 0 amide bonds. The molecule has 0 unspecified atom stereocenters. The maximum absolute atomic E-state index is 4.40. The van der Waals surface area contributed by atoms with Crippen LogP contribution in [0.5, 0.6) is 0 Å². The van der Waals surface area contributed by atoms with Crippen molar-refractivity contribution in [2.24, 2.45) is 0 Å². The third-order valence-corrected chi connectivity index (χ3v) is 4.88. The number of hydrogen-bond acceptors (Lipinski definition) is 6. The van der Waals surface area contributed by atoms with Crippen molar-refractivity contribution in [2.45, 2.75) is 26.8 Å². The second kappa shape index (κ2) is 6.32. The molecule has 0 atom stereocenters. The Morgan fingerprint density at radius 3 is 2.62 bits per heavy atom. The van der Waals surface area contributed by atoms with E-state index in [-0.39, 0.29) is 0 Å². The van der Waals surface area contributed by atoms with Crippen LogP contribution >= 0.6 is 22.9 Å². The van der Waals surface area contributed by atoms with E-state index >= 15 is 0 Å². The topological polar surface area (TPSA) is 50.7 Å². The molecular formula is C15H16N4S2. The van der Waals surface area contributed by atoms with Gasteiger partial charge in [0.2, 0.25) is 5.13 Å². The summed E-state index contributed by atoms with van der Waals surface area (Å²) in [5, 5.41) is 4.20. The first-order chi connectivity index (χ1) is 10.3. The van der Waals surface area contributed by atoms with E-state index in [0.29, 0.717) is 0 Å². The summed E-state index contributed by atoms with van der Waals surface area (Å²) < 4.78 is 4.27. The van der Waals surface area contributed by atoms with Gasteiger partial charge in [-0.05, 0) is 18.1 Å². The number of nitrogens with zero attached hydrogens (tertiary/aromatic N) is 3. The lowest BCUT2D eigenvalue weighted by Crippen LogP contribution is -1.99. The van der Waals surface area contributed by atoms with Gasteiger partial charge in [0.15, 0.2) is 0 Å². The van der Waals surface area contributed by atoms with Gasteiger partial charge in [-0.2, -0.15) is 4.37 Å². The van der Waals surface area contributed by atoms with Crippen molar-refractivity contribution in [3.05, 3.63) is 46.9 Å². The molecular weight excluding hydrogens is 300 g/mol. The van der Waals surface area contributed by atoms with E-state index in [1.165, 1.54) is 27.5 Å². The largest absolute Gasteiger partial charge is 0.356 e. The first-order valence-electron chi connectivity index (χ1n) is 6.82. The standard InChI is InChI=1S/C15H16N4S2/c1-3-13-18-15(21-19-13)16-8-11-4-6-12(7-5-11)14-10(2)17-9-20-14/h4-7,9H,3,8H2,1-2H3,(H,16,18,19). The molecule has 2 heterocycles. The van der Waals surface area contributed by atoms with Crippen LogP contribution in [0.1, 0.15) is 24.0 Å². The van der Waals surface area contributed by atoms with Gasteiger partial charge in [0.1, 0.15) is 5.82 Å². The number of benzene rings is 1. The van der Waals surface area contributed by atoms with Gasteiger partial charge in [-0.15, -0.1) is 11.3 Å². The average molecular weight is 316 g/mol. The molecule has 108 valence electrons. The Kier molecular flexibility index (Phi) is 4.26. The van der Waals surface area contributed by atoms with Crippen LogP contribution in [0.3, 0.4) is 0 Å². The van der Waals surface area contributed by atoms with Crippen molar-refractivity contribution in [1.29, 1.82) is 0 Å². The van der Waals surface area contributed by atoms with E-state index in [1.807, 2.05) is 12.4 Å². The third-order valence-electron chi connectivity index (χ3n) is 3.19. The summed E-state index contributed by atoms with van der Waals surface area (Å²) in [6.45, 7) is 4.87. The minimum Gasteiger partial charge on any atom is -0.356 e. The van der Waals surface area contributed by atoms with Crippen molar-refractivity contribution < 1.29 is 0 Å². The highest BCUT2D eigenvalue weighted by Gasteiger charge is 2.05. The van der Waals surface area contributed by atoms with E-state index in [9.17, 15) is 0 Å². The van der Waals surface area contributed by atoms with Crippen molar-refractivity contribution >= 4 is 28.0 Å². The van der Waals surface area contributed by atoms with Crippen molar-refractivity contribution in [3.63, 3.8) is 0 Å². The van der Waals surface area contributed by atoms with Crippen LogP contribution in [0.25, 0.3) is 10.4 Å². The summed E-state index contributed by atoms with van der Waals surface area (Å²) in [6, 6.07) is 8.58. The zero-order chi connectivity index (χ0) is 14.7. The van der Waals surface area contributed by atoms with Crippen molar-refractivity contribution in [1.82, 2.24) is 14.3 Å². The molecule has 2 aromatic heterocycles. The Hall–Kier alpha value is -1.79. The Bertz CT molecular complexity index is 715. The second-order valence-corrected chi connectivity index (χ2v) is 6.29. The van der Waals surface area contributed by atoms with Gasteiger partial charge in [0, 0.05) is 24.5 Å². The van der Waals surface area contributed by atoms with E-state index in [1.54, 1.807) is 11.3 Å². The maximum atomic E-state index is 4.40. The van der Waals surface area contributed by atoms with Gasteiger partial charge in [-0.1, -0.05) is 31.2 Å². The molecule has 0 radical (unpaired) electrons. The fourth-order valence-electron chi connectivity index (χ4n) is 2.00. The van der Waals surface area contributed by atoms with Gasteiger partial charge in [0.25, 0.3) is 0 Å². The molecule has 21 heavy (non-hydrogen) atoms. The highest BCUT2D eigenvalue weighted by Crippen LogP contribution is 2.27. The molecule has 0 saturated carbocycles. The summed E-state index contributed by atoms with van der Waals surface area (Å²) >= 11 is 3.10. The van der Waals surface area contributed by atoms with Crippen LogP contribution < -0.4 is 5.32 Å². The summed E-state index contributed by atoms with van der Waals surface area (Å²) in [4.78, 5) is 9.94. The van der Waals surface area contributed by atoms with Gasteiger partial charge in [-0.25, -0.2) is 9.97 Å². The van der Waals surface area contributed by atoms with Crippen molar-refractivity contribution in [3.8, 4) is 10.4 Å². The minimum atomic E-state index is 0.764. The van der Waals surface area contributed by atoms with Crippen LogP contribution in [-0.4, -0.2) is 14.3 Å². The highest BCUT2D eigenvalue weighted by molar-refractivity contribution is 7.13. The molecule has 6 heteroatoms. The fraction of sp³-hybridized carbons (Fsp3) is 0.267. The zero-order valence-corrected chi connectivity index (χ0v) is 13.6. The Balaban J connectivity index is 1.66. The van der Waals surface area contributed by atoms with E-state index in [2.05, 4.69) is 50.8 Å². The summed E-state index contributed by atoms with van der Waals surface area (Å²) in [6.07, 6.45) is 0.876. The molecule has 4 nitrogen and oxygen atoms in total. The molecule has 0 aliphatic rings. The number of anilines is 1. The fourth-order valence-corrected chi connectivity index (χ4v) is 3.46.